The first-order valence-electron chi connectivity index (χ1n) is 11.0. The van der Waals surface area contributed by atoms with Gasteiger partial charge >= 0.3 is 0 Å². The number of para-hydroxylation sites is 2. The number of anilines is 2. The maximum Gasteiger partial charge on any atom is 0.0456 e. The number of nitrogens with one attached hydrogen (secondary N) is 1. The fourth-order valence-corrected chi connectivity index (χ4v) is 6.85. The van der Waals surface area contributed by atoms with Crippen LogP contribution in [0, 0.1) is 0 Å². The molecule has 0 fully saturated rings. The first-order valence-corrected chi connectivity index (χ1v) is 12.9. The van der Waals surface area contributed by atoms with E-state index in [0.717, 1.165) is 6.42 Å². The zero-order valence-electron chi connectivity index (χ0n) is 17.5. The zero-order chi connectivity index (χ0) is 19.1. The molecule has 0 atom stereocenters. The van der Waals surface area contributed by atoms with Gasteiger partial charge in [-0.05, 0) is 53.6 Å². The molecule has 0 saturated heterocycles. The number of fused-ring (bicyclic) bond motifs is 2. The van der Waals surface area contributed by atoms with Crippen molar-refractivity contribution in [1.82, 2.24) is 0 Å². The van der Waals surface area contributed by atoms with Gasteiger partial charge in [-0.25, -0.2) is 0 Å². The molecule has 3 rings (SSSR count). The van der Waals surface area contributed by atoms with Crippen molar-refractivity contribution in [2.24, 2.45) is 0 Å². The average Bonchev–Trinajstić information content (AvgIpc) is 2.68. The van der Waals surface area contributed by atoms with E-state index in [1.54, 1.807) is 5.56 Å². The third-order valence-corrected chi connectivity index (χ3v) is 8.58. The highest BCUT2D eigenvalue weighted by atomic mass is 31.1. The maximum atomic E-state index is 3.90. The zero-order valence-corrected chi connectivity index (χ0v) is 18.4. The molecule has 27 heavy (non-hydrogen) atoms. The van der Waals surface area contributed by atoms with Crippen LogP contribution in [-0.4, -0.2) is 12.3 Å². The van der Waals surface area contributed by atoms with Gasteiger partial charge in [0.1, 0.15) is 0 Å². The molecule has 0 radical (unpaired) electrons. The third-order valence-electron chi connectivity index (χ3n) is 5.63. The Morgan fingerprint density at radius 3 is 2.04 bits per heavy atom. The molecule has 0 aromatic heterocycles. The van der Waals surface area contributed by atoms with E-state index in [9.17, 15) is 0 Å². The molecule has 0 aliphatic carbocycles. The van der Waals surface area contributed by atoms with Crippen LogP contribution in [-0.2, 0) is 19.0 Å². The van der Waals surface area contributed by atoms with Crippen molar-refractivity contribution in [2.75, 3.05) is 17.6 Å². The highest BCUT2D eigenvalue weighted by molar-refractivity contribution is 7.56. The summed E-state index contributed by atoms with van der Waals surface area (Å²) in [6.45, 7) is 6.96. The second-order valence-electron chi connectivity index (χ2n) is 7.94. The SMILES string of the molecule is CCCCCc1cccc2c1Nc1c(cccc1CP(CCC)CCC)C2. The lowest BCUT2D eigenvalue weighted by molar-refractivity contribution is 0.717. The Bertz CT molecular complexity index is 731. The second kappa shape index (κ2) is 10.3. The van der Waals surface area contributed by atoms with Gasteiger partial charge in [0.2, 0.25) is 0 Å². The van der Waals surface area contributed by atoms with Gasteiger partial charge in [0.05, 0.1) is 0 Å². The molecule has 0 unspecified atom stereocenters. The first kappa shape index (κ1) is 20.4. The lowest BCUT2D eigenvalue weighted by Gasteiger charge is -2.27. The molecule has 0 amide bonds. The van der Waals surface area contributed by atoms with Crippen molar-refractivity contribution >= 4 is 19.3 Å². The van der Waals surface area contributed by atoms with E-state index >= 15 is 0 Å². The largest absolute Gasteiger partial charge is 0.355 e. The van der Waals surface area contributed by atoms with Crippen LogP contribution in [0.4, 0.5) is 11.4 Å². The molecule has 2 aromatic rings. The van der Waals surface area contributed by atoms with Crippen molar-refractivity contribution in [3.63, 3.8) is 0 Å². The van der Waals surface area contributed by atoms with Gasteiger partial charge in [-0.2, -0.15) is 0 Å². The van der Waals surface area contributed by atoms with Crippen molar-refractivity contribution in [1.29, 1.82) is 0 Å². The van der Waals surface area contributed by atoms with Crippen LogP contribution in [0.15, 0.2) is 36.4 Å². The summed E-state index contributed by atoms with van der Waals surface area (Å²) in [6, 6.07) is 13.9. The number of rotatable bonds is 10. The quantitative estimate of drug-likeness (QED) is 0.278. The number of hydrogen-bond acceptors (Lipinski definition) is 1. The van der Waals surface area contributed by atoms with Crippen molar-refractivity contribution < 1.29 is 0 Å². The normalized spacial score (nSPS) is 12.6. The minimum Gasteiger partial charge on any atom is -0.355 e. The van der Waals surface area contributed by atoms with Crippen LogP contribution < -0.4 is 5.32 Å². The van der Waals surface area contributed by atoms with E-state index in [4.69, 9.17) is 0 Å². The Morgan fingerprint density at radius 2 is 1.41 bits per heavy atom. The Balaban J connectivity index is 1.85. The molecule has 2 heteroatoms. The second-order valence-corrected chi connectivity index (χ2v) is 10.5. The van der Waals surface area contributed by atoms with Crippen molar-refractivity contribution in [3.05, 3.63) is 58.7 Å². The average molecular weight is 382 g/mol. The fourth-order valence-electron chi connectivity index (χ4n) is 4.30. The summed E-state index contributed by atoms with van der Waals surface area (Å²) in [4.78, 5) is 0. The van der Waals surface area contributed by atoms with Gasteiger partial charge in [-0.3, -0.25) is 0 Å². The van der Waals surface area contributed by atoms with Crippen LogP contribution in [0.5, 0.6) is 0 Å². The van der Waals surface area contributed by atoms with Gasteiger partial charge in [-0.1, -0.05) is 82.9 Å². The molecule has 0 spiro atoms. The Kier molecular flexibility index (Phi) is 7.77. The van der Waals surface area contributed by atoms with E-state index in [-0.39, 0.29) is 7.92 Å². The molecular formula is C25H36NP. The van der Waals surface area contributed by atoms with Crippen LogP contribution >= 0.6 is 7.92 Å². The summed E-state index contributed by atoms with van der Waals surface area (Å²) in [5.41, 5.74) is 8.84. The molecular weight excluding hydrogens is 345 g/mol. The summed E-state index contributed by atoms with van der Waals surface area (Å²) in [7, 11) is 0.121. The van der Waals surface area contributed by atoms with Gasteiger partial charge in [0.25, 0.3) is 0 Å². The van der Waals surface area contributed by atoms with Gasteiger partial charge < -0.3 is 5.32 Å². The monoisotopic (exact) mass is 381 g/mol. The highest BCUT2D eigenvalue weighted by Crippen LogP contribution is 2.45. The Hall–Kier alpha value is -1.33. The molecule has 1 aliphatic rings. The number of benzene rings is 2. The predicted molar refractivity (Wildman–Crippen MR) is 123 cm³/mol. The lowest BCUT2D eigenvalue weighted by Crippen LogP contribution is -2.11. The van der Waals surface area contributed by atoms with Gasteiger partial charge in [0.15, 0.2) is 0 Å². The van der Waals surface area contributed by atoms with E-state index in [1.165, 1.54) is 85.1 Å². The van der Waals surface area contributed by atoms with Crippen LogP contribution in [0.1, 0.15) is 75.1 Å². The van der Waals surface area contributed by atoms with E-state index in [0.29, 0.717) is 0 Å². The number of hydrogen-bond donors (Lipinski definition) is 1. The molecule has 0 saturated carbocycles. The summed E-state index contributed by atoms with van der Waals surface area (Å²) in [5, 5.41) is 3.90. The predicted octanol–water partition coefficient (Wildman–Crippen LogP) is 7.87. The minimum absolute atomic E-state index is 0.121. The van der Waals surface area contributed by atoms with Crippen molar-refractivity contribution in [2.45, 2.75) is 71.9 Å². The fraction of sp³-hybridized carbons (Fsp3) is 0.520. The number of unbranched alkanes of at least 4 members (excludes halogenated alkanes) is 2. The molecule has 1 heterocycles. The first-order chi connectivity index (χ1) is 13.3. The Labute approximate surface area is 167 Å². The molecule has 0 bridgehead atoms. The molecule has 146 valence electrons. The van der Waals surface area contributed by atoms with Crippen LogP contribution in [0.2, 0.25) is 0 Å². The summed E-state index contributed by atoms with van der Waals surface area (Å²) in [5.74, 6) is 0. The van der Waals surface area contributed by atoms with E-state index in [2.05, 4.69) is 62.5 Å². The van der Waals surface area contributed by atoms with Gasteiger partial charge in [0, 0.05) is 17.8 Å². The molecule has 1 nitrogen and oxygen atoms in total. The minimum atomic E-state index is 0.121. The number of aryl methyl sites for hydroxylation is 1. The molecule has 1 aliphatic heterocycles. The maximum absolute atomic E-state index is 3.90. The summed E-state index contributed by atoms with van der Waals surface area (Å²) in [6.07, 6.45) is 12.9. The standard InChI is InChI=1S/C25H36NP/c1-4-7-8-11-20-12-9-13-21-18-22-14-10-15-23(25(22)26-24(20)21)19-27(16-5-2)17-6-3/h9-10,12-15,26H,4-8,11,16-19H2,1-3H3. The van der Waals surface area contributed by atoms with E-state index < -0.39 is 0 Å². The summed E-state index contributed by atoms with van der Waals surface area (Å²) < 4.78 is 0. The molecule has 2 aromatic carbocycles. The van der Waals surface area contributed by atoms with Crippen LogP contribution in [0.25, 0.3) is 0 Å². The summed E-state index contributed by atoms with van der Waals surface area (Å²) >= 11 is 0. The van der Waals surface area contributed by atoms with E-state index in [1.807, 2.05) is 0 Å². The van der Waals surface area contributed by atoms with Crippen molar-refractivity contribution in [3.8, 4) is 0 Å². The van der Waals surface area contributed by atoms with Gasteiger partial charge in [-0.15, -0.1) is 7.92 Å². The third kappa shape index (κ3) is 5.14. The van der Waals surface area contributed by atoms with Crippen LogP contribution in [0.3, 0.4) is 0 Å². The Morgan fingerprint density at radius 1 is 0.778 bits per heavy atom. The lowest BCUT2D eigenvalue weighted by atomic mass is 9.91. The smallest absolute Gasteiger partial charge is 0.0456 e. The molecule has 1 N–H and O–H groups in total. The highest BCUT2D eigenvalue weighted by Gasteiger charge is 2.20. The topological polar surface area (TPSA) is 12.0 Å².